The molecule has 0 aliphatic rings. The Labute approximate surface area is 104 Å². The van der Waals surface area contributed by atoms with Crippen molar-refractivity contribution in [2.45, 2.75) is 59.5 Å². The molecule has 1 heterocycles. The molecule has 1 N–H and O–H groups in total. The Kier molecular flexibility index (Phi) is 5.50. The molecule has 16 heavy (non-hydrogen) atoms. The van der Waals surface area contributed by atoms with Crippen molar-refractivity contribution in [1.29, 1.82) is 0 Å². The zero-order valence-corrected chi connectivity index (χ0v) is 12.0. The van der Waals surface area contributed by atoms with Crippen molar-refractivity contribution in [3.8, 4) is 0 Å². The van der Waals surface area contributed by atoms with Crippen LogP contribution in [0.3, 0.4) is 0 Å². The van der Waals surface area contributed by atoms with Crippen molar-refractivity contribution in [2.75, 3.05) is 0 Å². The summed E-state index contributed by atoms with van der Waals surface area (Å²) in [4.78, 5) is 2.91. The van der Waals surface area contributed by atoms with Gasteiger partial charge in [0.05, 0.1) is 0 Å². The van der Waals surface area contributed by atoms with Crippen molar-refractivity contribution < 1.29 is 0 Å². The van der Waals surface area contributed by atoms with Gasteiger partial charge in [0.15, 0.2) is 0 Å². The van der Waals surface area contributed by atoms with Gasteiger partial charge in [-0.15, -0.1) is 11.3 Å². The summed E-state index contributed by atoms with van der Waals surface area (Å²) in [6.07, 6.45) is 2.41. The molecule has 2 heteroatoms. The van der Waals surface area contributed by atoms with E-state index in [9.17, 15) is 0 Å². The molecule has 1 rings (SSSR count). The molecule has 0 saturated carbocycles. The number of aryl methyl sites for hydroxylation is 1. The third-order valence-corrected chi connectivity index (χ3v) is 3.72. The highest BCUT2D eigenvalue weighted by atomic mass is 32.1. The summed E-state index contributed by atoms with van der Waals surface area (Å²) in [5, 5.41) is 3.68. The van der Waals surface area contributed by atoms with E-state index in [2.05, 4.69) is 52.1 Å². The van der Waals surface area contributed by atoms with Crippen LogP contribution in [0, 0.1) is 12.8 Å². The van der Waals surface area contributed by atoms with Crippen LogP contribution >= 0.6 is 11.3 Å². The summed E-state index contributed by atoms with van der Waals surface area (Å²) in [5.74, 6) is 0.777. The molecule has 0 spiro atoms. The van der Waals surface area contributed by atoms with Crippen LogP contribution in [-0.2, 0) is 6.42 Å². The molecule has 0 aromatic carbocycles. The predicted molar refractivity (Wildman–Crippen MR) is 74.3 cm³/mol. The Balaban J connectivity index is 2.32. The Hall–Kier alpha value is -0.340. The minimum Gasteiger partial charge on any atom is -0.311 e. The van der Waals surface area contributed by atoms with E-state index in [0.29, 0.717) is 12.1 Å². The van der Waals surface area contributed by atoms with Crippen LogP contribution in [0.25, 0.3) is 0 Å². The maximum Gasteiger partial charge on any atom is 0.00894 e. The van der Waals surface area contributed by atoms with Gasteiger partial charge >= 0.3 is 0 Å². The molecule has 0 aliphatic heterocycles. The van der Waals surface area contributed by atoms with Crippen LogP contribution in [0.15, 0.2) is 12.1 Å². The maximum absolute atomic E-state index is 3.68. The number of thiophene rings is 1. The second kappa shape index (κ2) is 6.41. The molecule has 0 bridgehead atoms. The first-order chi connectivity index (χ1) is 7.47. The minimum absolute atomic E-state index is 0.576. The molecule has 2 unspecified atom stereocenters. The maximum atomic E-state index is 3.68. The zero-order chi connectivity index (χ0) is 12.1. The topological polar surface area (TPSA) is 12.0 Å². The van der Waals surface area contributed by atoms with Gasteiger partial charge in [-0.3, -0.25) is 0 Å². The molecule has 92 valence electrons. The largest absolute Gasteiger partial charge is 0.311 e. The smallest absolute Gasteiger partial charge is 0.00894 e. The van der Waals surface area contributed by atoms with Crippen molar-refractivity contribution in [1.82, 2.24) is 5.32 Å². The third-order valence-electron chi connectivity index (χ3n) is 2.70. The van der Waals surface area contributed by atoms with Crippen molar-refractivity contribution in [3.05, 3.63) is 21.9 Å². The number of nitrogens with one attached hydrogen (secondary N) is 1. The average Bonchev–Trinajstić information content (AvgIpc) is 2.48. The fourth-order valence-electron chi connectivity index (χ4n) is 2.22. The molecule has 0 saturated heterocycles. The van der Waals surface area contributed by atoms with E-state index in [1.807, 2.05) is 11.3 Å². The molecule has 0 aliphatic carbocycles. The van der Waals surface area contributed by atoms with Crippen molar-refractivity contribution in [3.63, 3.8) is 0 Å². The normalized spacial score (nSPS) is 15.4. The van der Waals surface area contributed by atoms with Gasteiger partial charge < -0.3 is 5.32 Å². The van der Waals surface area contributed by atoms with E-state index < -0.39 is 0 Å². The van der Waals surface area contributed by atoms with E-state index in [-0.39, 0.29) is 0 Å². The Morgan fingerprint density at radius 2 is 1.81 bits per heavy atom. The SMILES string of the molecule is Cc1ccc(CC(C)NC(C)CC(C)C)s1. The van der Waals surface area contributed by atoms with Crippen LogP contribution in [0.2, 0.25) is 0 Å². The highest BCUT2D eigenvalue weighted by molar-refractivity contribution is 7.11. The Bertz CT molecular complexity index is 303. The lowest BCUT2D eigenvalue weighted by molar-refractivity contribution is 0.401. The first kappa shape index (κ1) is 13.7. The Morgan fingerprint density at radius 1 is 1.12 bits per heavy atom. The molecular weight excluding hydrogens is 214 g/mol. The van der Waals surface area contributed by atoms with Gasteiger partial charge in [-0.25, -0.2) is 0 Å². The fourth-order valence-corrected chi connectivity index (χ4v) is 3.24. The summed E-state index contributed by atoms with van der Waals surface area (Å²) in [7, 11) is 0. The summed E-state index contributed by atoms with van der Waals surface area (Å²) >= 11 is 1.92. The quantitative estimate of drug-likeness (QED) is 0.791. The van der Waals surface area contributed by atoms with Crippen LogP contribution < -0.4 is 5.32 Å². The first-order valence-corrected chi connectivity index (χ1v) is 7.10. The molecular formula is C14H25NS. The standard InChI is InChI=1S/C14H25NS/c1-10(2)8-11(3)15-12(4)9-14-7-6-13(5)16-14/h6-7,10-12,15H,8-9H2,1-5H3. The average molecular weight is 239 g/mol. The lowest BCUT2D eigenvalue weighted by Crippen LogP contribution is -2.36. The van der Waals surface area contributed by atoms with Gasteiger partial charge in [-0.1, -0.05) is 13.8 Å². The summed E-state index contributed by atoms with van der Waals surface area (Å²) < 4.78 is 0. The van der Waals surface area contributed by atoms with Crippen LogP contribution in [-0.4, -0.2) is 12.1 Å². The van der Waals surface area contributed by atoms with Gasteiger partial charge in [0.2, 0.25) is 0 Å². The predicted octanol–water partition coefficient (Wildman–Crippen LogP) is 4.01. The highest BCUT2D eigenvalue weighted by Crippen LogP contribution is 2.17. The lowest BCUT2D eigenvalue weighted by Gasteiger charge is -2.21. The second-order valence-corrected chi connectivity index (χ2v) is 6.69. The van der Waals surface area contributed by atoms with Gasteiger partial charge in [0.1, 0.15) is 0 Å². The fraction of sp³-hybridized carbons (Fsp3) is 0.714. The molecule has 1 aromatic rings. The Morgan fingerprint density at radius 3 is 2.31 bits per heavy atom. The number of hydrogen-bond donors (Lipinski definition) is 1. The summed E-state index contributed by atoms with van der Waals surface area (Å²) in [6, 6.07) is 5.66. The molecule has 1 nitrogen and oxygen atoms in total. The lowest BCUT2D eigenvalue weighted by atomic mass is 10.0. The molecule has 0 fully saturated rings. The van der Waals surface area contributed by atoms with Gasteiger partial charge in [-0.05, 0) is 51.7 Å². The van der Waals surface area contributed by atoms with E-state index in [1.165, 1.54) is 16.2 Å². The van der Waals surface area contributed by atoms with Crippen LogP contribution in [0.1, 0.15) is 43.9 Å². The highest BCUT2D eigenvalue weighted by Gasteiger charge is 2.10. The van der Waals surface area contributed by atoms with Gasteiger partial charge in [0.25, 0.3) is 0 Å². The van der Waals surface area contributed by atoms with Crippen LogP contribution in [0.4, 0.5) is 0 Å². The second-order valence-electron chi connectivity index (χ2n) is 5.31. The molecule has 0 radical (unpaired) electrons. The monoisotopic (exact) mass is 239 g/mol. The van der Waals surface area contributed by atoms with Gasteiger partial charge in [0, 0.05) is 21.8 Å². The molecule has 0 amide bonds. The van der Waals surface area contributed by atoms with Crippen molar-refractivity contribution in [2.24, 2.45) is 5.92 Å². The van der Waals surface area contributed by atoms with E-state index >= 15 is 0 Å². The molecule has 2 atom stereocenters. The van der Waals surface area contributed by atoms with Crippen LogP contribution in [0.5, 0.6) is 0 Å². The summed E-state index contributed by atoms with van der Waals surface area (Å²) in [5.41, 5.74) is 0. The third kappa shape index (κ3) is 5.13. The number of hydrogen-bond acceptors (Lipinski definition) is 2. The zero-order valence-electron chi connectivity index (χ0n) is 11.2. The summed E-state index contributed by atoms with van der Waals surface area (Å²) in [6.45, 7) is 11.3. The van der Waals surface area contributed by atoms with E-state index in [4.69, 9.17) is 0 Å². The van der Waals surface area contributed by atoms with Crippen molar-refractivity contribution >= 4 is 11.3 Å². The minimum atomic E-state index is 0.576. The van der Waals surface area contributed by atoms with Gasteiger partial charge in [-0.2, -0.15) is 0 Å². The first-order valence-electron chi connectivity index (χ1n) is 6.28. The molecule has 1 aromatic heterocycles. The van der Waals surface area contributed by atoms with E-state index in [1.54, 1.807) is 0 Å². The number of rotatable bonds is 6. The van der Waals surface area contributed by atoms with E-state index in [0.717, 1.165) is 12.3 Å².